The van der Waals surface area contributed by atoms with Gasteiger partial charge in [0.15, 0.2) is 0 Å². The van der Waals surface area contributed by atoms with E-state index in [9.17, 15) is 0 Å². The third kappa shape index (κ3) is 1.76. The molecule has 3 heteroatoms. The van der Waals surface area contributed by atoms with Crippen LogP contribution in [0.2, 0.25) is 0 Å². The Morgan fingerprint density at radius 2 is 1.08 bits per heavy atom. The maximum atomic E-state index is 4.74. The number of nitrogens with zero attached hydrogens (tertiary/aromatic N) is 3. The molecule has 0 atom stereocenters. The highest BCUT2D eigenvalue weighted by Crippen LogP contribution is 2.41. The molecule has 0 aliphatic rings. The van der Waals surface area contributed by atoms with Crippen LogP contribution in [0, 0.1) is 0 Å². The van der Waals surface area contributed by atoms with Gasteiger partial charge in [-0.05, 0) is 24.0 Å². The lowest BCUT2D eigenvalue weighted by atomic mass is 10.0. The van der Waals surface area contributed by atoms with Crippen LogP contribution in [-0.4, -0.2) is 14.4 Å². The van der Waals surface area contributed by atoms with Crippen LogP contribution in [0.5, 0.6) is 0 Å². The number of pyridine rings is 2. The van der Waals surface area contributed by atoms with Crippen molar-refractivity contribution in [1.29, 1.82) is 0 Å². The molecule has 0 aliphatic heterocycles. The molecule has 0 bridgehead atoms. The number of aromatic nitrogens is 3. The molecule has 25 heavy (non-hydrogen) atoms. The first-order valence-corrected chi connectivity index (χ1v) is 9.01. The molecule has 4 heterocycles. The van der Waals surface area contributed by atoms with Crippen LogP contribution < -0.4 is 0 Å². The van der Waals surface area contributed by atoms with Crippen LogP contribution in [0.3, 0.4) is 0 Å². The van der Waals surface area contributed by atoms with Gasteiger partial charge in [0.05, 0.1) is 27.9 Å². The first-order valence-electron chi connectivity index (χ1n) is 9.01. The van der Waals surface area contributed by atoms with Gasteiger partial charge in [0.25, 0.3) is 0 Å². The van der Waals surface area contributed by atoms with Gasteiger partial charge in [0, 0.05) is 33.9 Å². The number of hydrogen-bond acceptors (Lipinski definition) is 2. The Hall–Kier alpha value is -2.68. The second-order valence-electron chi connectivity index (χ2n) is 7.53. The Bertz CT molecular complexity index is 1150. The largest absolute Gasteiger partial charge is 0.304 e. The van der Waals surface area contributed by atoms with Crippen molar-refractivity contribution in [3.8, 4) is 0 Å². The highest BCUT2D eigenvalue weighted by Gasteiger charge is 2.22. The molecule has 5 aromatic rings. The molecular weight excluding hydrogens is 306 g/mol. The third-order valence-corrected chi connectivity index (χ3v) is 5.29. The SMILES string of the molecule is CC(C)c1nccc2c3cccc4c5ccnc(C(C)C)c5n(c12)c34. The van der Waals surface area contributed by atoms with Crippen molar-refractivity contribution >= 4 is 38.1 Å². The topological polar surface area (TPSA) is 30.2 Å². The summed E-state index contributed by atoms with van der Waals surface area (Å²) in [7, 11) is 0. The number of para-hydroxylation sites is 1. The van der Waals surface area contributed by atoms with E-state index in [4.69, 9.17) is 9.97 Å². The van der Waals surface area contributed by atoms with Gasteiger partial charge < -0.3 is 4.40 Å². The van der Waals surface area contributed by atoms with Crippen LogP contribution in [0.4, 0.5) is 0 Å². The second-order valence-corrected chi connectivity index (χ2v) is 7.53. The highest BCUT2D eigenvalue weighted by atomic mass is 15.0. The van der Waals surface area contributed by atoms with E-state index in [2.05, 4.69) is 62.4 Å². The molecule has 0 N–H and O–H groups in total. The Kier molecular flexibility index (Phi) is 2.88. The predicted octanol–water partition coefficient (Wildman–Crippen LogP) is 5.87. The highest BCUT2D eigenvalue weighted by molar-refractivity contribution is 6.23. The fourth-order valence-electron chi connectivity index (χ4n) is 4.24. The van der Waals surface area contributed by atoms with Crippen molar-refractivity contribution in [2.24, 2.45) is 0 Å². The van der Waals surface area contributed by atoms with Crippen LogP contribution in [0.25, 0.3) is 38.1 Å². The van der Waals surface area contributed by atoms with Crippen LogP contribution >= 0.6 is 0 Å². The van der Waals surface area contributed by atoms with Crippen molar-refractivity contribution < 1.29 is 0 Å². The summed E-state index contributed by atoms with van der Waals surface area (Å²) in [5, 5.41) is 5.20. The lowest BCUT2D eigenvalue weighted by Crippen LogP contribution is -1.99. The van der Waals surface area contributed by atoms with Gasteiger partial charge in [-0.2, -0.15) is 0 Å². The maximum absolute atomic E-state index is 4.74. The first kappa shape index (κ1) is 14.6. The average molecular weight is 327 g/mol. The van der Waals surface area contributed by atoms with Crippen molar-refractivity contribution in [2.75, 3.05) is 0 Å². The summed E-state index contributed by atoms with van der Waals surface area (Å²) in [4.78, 5) is 9.48. The molecule has 0 unspecified atom stereocenters. The van der Waals surface area contributed by atoms with Crippen LogP contribution in [-0.2, 0) is 0 Å². The Morgan fingerprint density at radius 3 is 1.52 bits per heavy atom. The van der Waals surface area contributed by atoms with Gasteiger partial charge in [-0.3, -0.25) is 9.97 Å². The van der Waals surface area contributed by atoms with Gasteiger partial charge in [0.1, 0.15) is 0 Å². The van der Waals surface area contributed by atoms with Gasteiger partial charge in [-0.15, -0.1) is 0 Å². The zero-order chi connectivity index (χ0) is 17.3. The fraction of sp³-hybridized carbons (Fsp3) is 0.273. The first-order chi connectivity index (χ1) is 12.1. The van der Waals surface area contributed by atoms with Crippen LogP contribution in [0.15, 0.2) is 42.7 Å². The summed E-state index contributed by atoms with van der Waals surface area (Å²) in [5.41, 5.74) is 6.11. The predicted molar refractivity (Wildman–Crippen MR) is 105 cm³/mol. The van der Waals surface area contributed by atoms with E-state index in [0.29, 0.717) is 11.8 Å². The molecule has 0 aliphatic carbocycles. The minimum Gasteiger partial charge on any atom is -0.304 e. The zero-order valence-electron chi connectivity index (χ0n) is 15.0. The lowest BCUT2D eigenvalue weighted by Gasteiger charge is -2.10. The normalized spacial score (nSPS) is 12.7. The van der Waals surface area contributed by atoms with Gasteiger partial charge in [0.2, 0.25) is 0 Å². The van der Waals surface area contributed by atoms with Crippen molar-refractivity contribution in [1.82, 2.24) is 14.4 Å². The summed E-state index contributed by atoms with van der Waals surface area (Å²) in [5.74, 6) is 0.742. The minimum absolute atomic E-state index is 0.371. The van der Waals surface area contributed by atoms with E-state index < -0.39 is 0 Å². The maximum Gasteiger partial charge on any atom is 0.0760 e. The van der Waals surface area contributed by atoms with Crippen molar-refractivity contribution in [3.63, 3.8) is 0 Å². The van der Waals surface area contributed by atoms with E-state index in [1.54, 1.807) is 0 Å². The van der Waals surface area contributed by atoms with E-state index in [1.165, 1.54) is 38.1 Å². The number of rotatable bonds is 2. The fourth-order valence-corrected chi connectivity index (χ4v) is 4.24. The lowest BCUT2D eigenvalue weighted by molar-refractivity contribution is 0.823. The van der Waals surface area contributed by atoms with Gasteiger partial charge in [-0.25, -0.2) is 0 Å². The molecule has 0 saturated heterocycles. The number of fused-ring (bicyclic) bond motifs is 6. The average Bonchev–Trinajstić information content (AvgIpc) is 3.12. The van der Waals surface area contributed by atoms with Crippen molar-refractivity contribution in [2.45, 2.75) is 39.5 Å². The van der Waals surface area contributed by atoms with Gasteiger partial charge >= 0.3 is 0 Å². The standard InChI is InChI=1S/C22H21N3/c1-12(2)18-21-16(8-10-23-18)14-6-5-7-15-17-9-11-24-19(13(3)4)22(17)25(21)20(14)15/h5-13H,1-4H3. The quantitative estimate of drug-likeness (QED) is 0.405. The molecule has 0 radical (unpaired) electrons. The zero-order valence-corrected chi connectivity index (χ0v) is 15.0. The van der Waals surface area contributed by atoms with E-state index in [0.717, 1.165) is 11.4 Å². The van der Waals surface area contributed by atoms with Crippen LogP contribution in [0.1, 0.15) is 50.9 Å². The molecule has 124 valence electrons. The molecule has 0 fully saturated rings. The summed E-state index contributed by atoms with van der Waals surface area (Å²) in [6.45, 7) is 8.87. The Balaban J connectivity index is 2.20. The number of benzene rings is 1. The molecule has 5 rings (SSSR count). The van der Waals surface area contributed by atoms with E-state index in [1.807, 2.05) is 12.4 Å². The molecule has 0 spiro atoms. The molecule has 3 nitrogen and oxygen atoms in total. The number of hydrogen-bond donors (Lipinski definition) is 0. The Labute approximate surface area is 146 Å². The smallest absolute Gasteiger partial charge is 0.0760 e. The molecule has 0 amide bonds. The Morgan fingerprint density at radius 1 is 0.640 bits per heavy atom. The summed E-state index contributed by atoms with van der Waals surface area (Å²) in [6.07, 6.45) is 3.90. The van der Waals surface area contributed by atoms with E-state index in [-0.39, 0.29) is 0 Å². The van der Waals surface area contributed by atoms with Gasteiger partial charge in [-0.1, -0.05) is 45.9 Å². The summed E-state index contributed by atoms with van der Waals surface area (Å²) >= 11 is 0. The minimum atomic E-state index is 0.371. The second kappa shape index (κ2) is 4.92. The molecule has 1 aromatic carbocycles. The molecule has 4 aromatic heterocycles. The third-order valence-electron chi connectivity index (χ3n) is 5.29. The molecular formula is C22H21N3. The van der Waals surface area contributed by atoms with E-state index >= 15 is 0 Å². The monoisotopic (exact) mass is 327 g/mol. The summed E-state index contributed by atoms with van der Waals surface area (Å²) in [6, 6.07) is 10.9. The molecule has 0 saturated carbocycles. The summed E-state index contributed by atoms with van der Waals surface area (Å²) < 4.78 is 2.43. The van der Waals surface area contributed by atoms with Crippen molar-refractivity contribution in [3.05, 3.63) is 54.1 Å².